The third-order valence-corrected chi connectivity index (χ3v) is 5.07. The van der Waals surface area contributed by atoms with E-state index in [1.807, 2.05) is 74.7 Å². The van der Waals surface area contributed by atoms with Crippen molar-refractivity contribution in [3.8, 4) is 11.5 Å². The van der Waals surface area contributed by atoms with Crippen LogP contribution in [0.3, 0.4) is 0 Å². The molecule has 140 valence electrons. The highest BCUT2D eigenvalue weighted by atomic mass is 32.1. The van der Waals surface area contributed by atoms with E-state index < -0.39 is 0 Å². The summed E-state index contributed by atoms with van der Waals surface area (Å²) in [7, 11) is 0. The number of para-hydroxylation sites is 1. The van der Waals surface area contributed by atoms with E-state index >= 15 is 0 Å². The summed E-state index contributed by atoms with van der Waals surface area (Å²) in [6, 6.07) is 15.3. The number of carbonyl (C=O) groups is 1. The van der Waals surface area contributed by atoms with E-state index in [2.05, 4.69) is 5.32 Å². The summed E-state index contributed by atoms with van der Waals surface area (Å²) in [6.07, 6.45) is 0. The van der Waals surface area contributed by atoms with Gasteiger partial charge in [0.05, 0.1) is 11.5 Å². The Hall–Kier alpha value is -2.79. The SMILES string of the molecule is CCOc1ccc(NC(=O)c2cc(COc3c(C)cccc3C)cs2)cc1. The average Bonchev–Trinajstić information content (AvgIpc) is 3.12. The van der Waals surface area contributed by atoms with Crippen molar-refractivity contribution in [2.24, 2.45) is 0 Å². The predicted octanol–water partition coefficient (Wildman–Crippen LogP) is 5.59. The Bertz CT molecular complexity index is 895. The molecule has 0 aliphatic heterocycles. The highest BCUT2D eigenvalue weighted by Gasteiger charge is 2.11. The summed E-state index contributed by atoms with van der Waals surface area (Å²) in [6.45, 7) is 7.07. The minimum atomic E-state index is -0.123. The number of anilines is 1. The molecule has 3 rings (SSSR count). The summed E-state index contributed by atoms with van der Waals surface area (Å²) >= 11 is 1.41. The molecule has 0 saturated heterocycles. The second-order valence-corrected chi connectivity index (χ2v) is 7.15. The van der Waals surface area contributed by atoms with Crippen LogP contribution in [0.4, 0.5) is 5.69 Å². The molecule has 0 saturated carbocycles. The third kappa shape index (κ3) is 4.89. The second-order valence-electron chi connectivity index (χ2n) is 6.24. The first kappa shape index (κ1) is 19.0. The molecule has 0 unspecified atom stereocenters. The van der Waals surface area contributed by atoms with Crippen LogP contribution in [0.2, 0.25) is 0 Å². The van der Waals surface area contributed by atoms with Crippen LogP contribution in [0.5, 0.6) is 11.5 Å². The highest BCUT2D eigenvalue weighted by molar-refractivity contribution is 7.12. The lowest BCUT2D eigenvalue weighted by atomic mass is 10.1. The Morgan fingerprint density at radius 1 is 1.04 bits per heavy atom. The van der Waals surface area contributed by atoms with E-state index in [-0.39, 0.29) is 5.91 Å². The van der Waals surface area contributed by atoms with Crippen LogP contribution in [-0.4, -0.2) is 12.5 Å². The molecule has 0 atom stereocenters. The van der Waals surface area contributed by atoms with Gasteiger partial charge in [0.1, 0.15) is 18.1 Å². The summed E-state index contributed by atoms with van der Waals surface area (Å²) in [4.78, 5) is 13.1. The highest BCUT2D eigenvalue weighted by Crippen LogP contribution is 2.25. The van der Waals surface area contributed by atoms with E-state index in [4.69, 9.17) is 9.47 Å². The molecule has 1 amide bonds. The number of ether oxygens (including phenoxy) is 2. The molecule has 0 aliphatic carbocycles. The minimum Gasteiger partial charge on any atom is -0.494 e. The number of amides is 1. The third-order valence-electron chi connectivity index (χ3n) is 4.09. The van der Waals surface area contributed by atoms with Gasteiger partial charge in [-0.2, -0.15) is 0 Å². The molecule has 1 heterocycles. The summed E-state index contributed by atoms with van der Waals surface area (Å²) in [5.74, 6) is 1.57. The lowest BCUT2D eigenvalue weighted by Crippen LogP contribution is -2.10. The van der Waals surface area contributed by atoms with Crippen LogP contribution >= 0.6 is 11.3 Å². The minimum absolute atomic E-state index is 0.123. The Balaban J connectivity index is 1.60. The van der Waals surface area contributed by atoms with Gasteiger partial charge in [0.2, 0.25) is 0 Å². The van der Waals surface area contributed by atoms with Crippen LogP contribution < -0.4 is 14.8 Å². The second kappa shape index (κ2) is 8.73. The van der Waals surface area contributed by atoms with E-state index in [0.29, 0.717) is 18.1 Å². The molecular formula is C22H23NO3S. The van der Waals surface area contributed by atoms with Gasteiger partial charge in [-0.15, -0.1) is 11.3 Å². The van der Waals surface area contributed by atoms with Crippen molar-refractivity contribution in [3.05, 3.63) is 75.5 Å². The lowest BCUT2D eigenvalue weighted by molar-refractivity contribution is 0.103. The van der Waals surface area contributed by atoms with Gasteiger partial charge in [0.15, 0.2) is 0 Å². The molecule has 2 aromatic carbocycles. The number of thiophene rings is 1. The first-order valence-corrected chi connectivity index (χ1v) is 9.75. The van der Waals surface area contributed by atoms with Crippen molar-refractivity contribution in [2.45, 2.75) is 27.4 Å². The standard InChI is InChI=1S/C22H23NO3S/c1-4-25-19-10-8-18(9-11-19)23-22(24)20-12-17(14-27-20)13-26-21-15(2)6-5-7-16(21)3/h5-12,14H,4,13H2,1-3H3,(H,23,24). The molecule has 0 bridgehead atoms. The van der Waals surface area contributed by atoms with Crippen molar-refractivity contribution >= 4 is 22.9 Å². The molecule has 0 aliphatic rings. The number of hydrogen-bond donors (Lipinski definition) is 1. The van der Waals surface area contributed by atoms with Crippen LogP contribution in [0, 0.1) is 13.8 Å². The first-order valence-electron chi connectivity index (χ1n) is 8.87. The molecule has 3 aromatic rings. The molecule has 1 N–H and O–H groups in total. The maximum absolute atomic E-state index is 12.4. The zero-order valence-electron chi connectivity index (χ0n) is 15.7. The largest absolute Gasteiger partial charge is 0.494 e. The quantitative estimate of drug-likeness (QED) is 0.580. The molecule has 1 aromatic heterocycles. The van der Waals surface area contributed by atoms with Crippen LogP contribution in [0.1, 0.15) is 33.3 Å². The fourth-order valence-corrected chi connectivity index (χ4v) is 3.54. The Labute approximate surface area is 163 Å². The van der Waals surface area contributed by atoms with Gasteiger partial charge >= 0.3 is 0 Å². The van der Waals surface area contributed by atoms with Gasteiger partial charge in [-0.1, -0.05) is 18.2 Å². The number of hydrogen-bond acceptors (Lipinski definition) is 4. The summed E-state index contributed by atoms with van der Waals surface area (Å²) in [5, 5.41) is 4.87. The Morgan fingerprint density at radius 2 is 1.74 bits per heavy atom. The van der Waals surface area contributed by atoms with Crippen LogP contribution in [0.25, 0.3) is 0 Å². The zero-order valence-corrected chi connectivity index (χ0v) is 16.6. The number of carbonyl (C=O) groups excluding carboxylic acids is 1. The van der Waals surface area contributed by atoms with Gasteiger partial charge in [0.25, 0.3) is 5.91 Å². The first-order chi connectivity index (χ1) is 13.1. The fourth-order valence-electron chi connectivity index (χ4n) is 2.75. The van der Waals surface area contributed by atoms with Crippen LogP contribution in [0.15, 0.2) is 53.9 Å². The zero-order chi connectivity index (χ0) is 19.2. The maximum Gasteiger partial charge on any atom is 0.265 e. The molecule has 0 fully saturated rings. The molecule has 0 radical (unpaired) electrons. The van der Waals surface area contributed by atoms with Crippen molar-refractivity contribution in [3.63, 3.8) is 0 Å². The smallest absolute Gasteiger partial charge is 0.265 e. The van der Waals surface area contributed by atoms with Crippen LogP contribution in [-0.2, 0) is 6.61 Å². The van der Waals surface area contributed by atoms with E-state index in [1.165, 1.54) is 11.3 Å². The van der Waals surface area contributed by atoms with E-state index in [0.717, 1.165) is 33.9 Å². The van der Waals surface area contributed by atoms with Crippen molar-refractivity contribution in [1.82, 2.24) is 0 Å². The van der Waals surface area contributed by atoms with Gasteiger partial charge < -0.3 is 14.8 Å². The predicted molar refractivity (Wildman–Crippen MR) is 110 cm³/mol. The van der Waals surface area contributed by atoms with Crippen molar-refractivity contribution in [1.29, 1.82) is 0 Å². The van der Waals surface area contributed by atoms with Gasteiger partial charge in [-0.25, -0.2) is 0 Å². The Morgan fingerprint density at radius 3 is 2.41 bits per heavy atom. The van der Waals surface area contributed by atoms with Crippen molar-refractivity contribution in [2.75, 3.05) is 11.9 Å². The van der Waals surface area contributed by atoms with Crippen molar-refractivity contribution < 1.29 is 14.3 Å². The maximum atomic E-state index is 12.4. The normalized spacial score (nSPS) is 10.5. The van der Waals surface area contributed by atoms with E-state index in [1.54, 1.807) is 0 Å². The lowest BCUT2D eigenvalue weighted by Gasteiger charge is -2.11. The fraction of sp³-hybridized carbons (Fsp3) is 0.227. The number of rotatable bonds is 7. The molecule has 0 spiro atoms. The molecular weight excluding hydrogens is 358 g/mol. The number of aryl methyl sites for hydroxylation is 2. The molecule has 27 heavy (non-hydrogen) atoms. The van der Waals surface area contributed by atoms with E-state index in [9.17, 15) is 4.79 Å². The number of nitrogens with one attached hydrogen (secondary N) is 1. The number of benzene rings is 2. The summed E-state index contributed by atoms with van der Waals surface area (Å²) < 4.78 is 11.4. The average molecular weight is 381 g/mol. The molecule has 4 nitrogen and oxygen atoms in total. The molecule has 5 heteroatoms. The van der Waals surface area contributed by atoms with Gasteiger partial charge in [-0.05, 0) is 67.6 Å². The monoisotopic (exact) mass is 381 g/mol. The van der Waals surface area contributed by atoms with Gasteiger partial charge in [0, 0.05) is 11.3 Å². The summed E-state index contributed by atoms with van der Waals surface area (Å²) in [5.41, 5.74) is 3.95. The Kier molecular flexibility index (Phi) is 6.14. The van der Waals surface area contributed by atoms with Gasteiger partial charge in [-0.3, -0.25) is 4.79 Å². The topological polar surface area (TPSA) is 47.6 Å².